The van der Waals surface area contributed by atoms with Crippen LogP contribution >= 0.6 is 0 Å². The fraction of sp³-hybridized carbons (Fsp3) is 0.750. The van der Waals surface area contributed by atoms with E-state index in [0.29, 0.717) is 31.3 Å². The van der Waals surface area contributed by atoms with Crippen LogP contribution in [0.15, 0.2) is 10.6 Å². The Labute approximate surface area is 132 Å². The van der Waals surface area contributed by atoms with Gasteiger partial charge in [0.1, 0.15) is 0 Å². The topological polar surface area (TPSA) is 67.6 Å². The molecule has 6 nitrogen and oxygen atoms in total. The smallest absolute Gasteiger partial charge is 0.317 e. The van der Waals surface area contributed by atoms with Gasteiger partial charge in [-0.25, -0.2) is 4.79 Å². The highest BCUT2D eigenvalue weighted by Crippen LogP contribution is 2.22. The van der Waals surface area contributed by atoms with Gasteiger partial charge in [-0.15, -0.1) is 0 Å². The van der Waals surface area contributed by atoms with Crippen LogP contribution in [0.4, 0.5) is 4.79 Å². The van der Waals surface area contributed by atoms with Crippen molar-refractivity contribution in [2.45, 2.75) is 65.2 Å². The Hall–Kier alpha value is -1.56. The number of nitrogens with zero attached hydrogens (tertiary/aromatic N) is 2. The van der Waals surface area contributed by atoms with Crippen LogP contribution in [0.25, 0.3) is 0 Å². The summed E-state index contributed by atoms with van der Waals surface area (Å²) in [7, 11) is 0. The van der Waals surface area contributed by atoms with Crippen LogP contribution < -0.4 is 5.32 Å². The number of aromatic nitrogens is 1. The average Bonchev–Trinajstić information content (AvgIpc) is 2.94. The van der Waals surface area contributed by atoms with E-state index < -0.39 is 0 Å². The number of hydrogen-bond acceptors (Lipinski definition) is 4. The first-order chi connectivity index (χ1) is 10.5. The second-order valence-corrected chi connectivity index (χ2v) is 6.05. The summed E-state index contributed by atoms with van der Waals surface area (Å²) in [5.74, 6) is 1.12. The molecule has 0 aromatic carbocycles. The van der Waals surface area contributed by atoms with E-state index in [1.165, 1.54) is 0 Å². The minimum atomic E-state index is -0.0810. The van der Waals surface area contributed by atoms with E-state index in [4.69, 9.17) is 9.26 Å². The number of carbonyl (C=O) groups is 1. The van der Waals surface area contributed by atoms with Crippen LogP contribution in [-0.4, -0.2) is 41.4 Å². The predicted molar refractivity (Wildman–Crippen MR) is 83.6 cm³/mol. The fourth-order valence-electron chi connectivity index (χ4n) is 2.93. The molecule has 0 saturated carbocycles. The highest BCUT2D eigenvalue weighted by molar-refractivity contribution is 5.74. The Kier molecular flexibility index (Phi) is 5.83. The standard InChI is InChI=1S/C16H27N3O3/c1-5-13(6-2)15-7-14(22-18-15)8-17-16(20)19-9-11(3)21-12(4)10-19/h7,11-13H,5-6,8-10H2,1-4H3,(H,17,20)/t11-,12-/m0/s1. The molecule has 1 aromatic heterocycles. The van der Waals surface area contributed by atoms with Gasteiger partial charge in [0, 0.05) is 25.1 Å². The lowest BCUT2D eigenvalue weighted by molar-refractivity contribution is -0.0545. The molecule has 1 N–H and O–H groups in total. The van der Waals surface area contributed by atoms with Crippen molar-refractivity contribution in [2.24, 2.45) is 0 Å². The number of rotatable bonds is 5. The molecule has 0 unspecified atom stereocenters. The fourth-order valence-corrected chi connectivity index (χ4v) is 2.93. The van der Waals surface area contributed by atoms with Gasteiger partial charge in [0.2, 0.25) is 0 Å². The second-order valence-electron chi connectivity index (χ2n) is 6.05. The van der Waals surface area contributed by atoms with Crippen molar-refractivity contribution in [3.63, 3.8) is 0 Å². The monoisotopic (exact) mass is 309 g/mol. The Bertz CT molecular complexity index is 475. The summed E-state index contributed by atoms with van der Waals surface area (Å²) in [5.41, 5.74) is 0.975. The minimum Gasteiger partial charge on any atom is -0.372 e. The highest BCUT2D eigenvalue weighted by atomic mass is 16.5. The Morgan fingerprint density at radius 3 is 2.59 bits per heavy atom. The Morgan fingerprint density at radius 1 is 1.36 bits per heavy atom. The van der Waals surface area contributed by atoms with Crippen LogP contribution in [0.1, 0.15) is 57.9 Å². The summed E-state index contributed by atoms with van der Waals surface area (Å²) in [6.07, 6.45) is 2.22. The zero-order valence-corrected chi connectivity index (χ0v) is 14.0. The summed E-state index contributed by atoms with van der Waals surface area (Å²) in [6, 6.07) is 1.87. The van der Waals surface area contributed by atoms with Crippen molar-refractivity contribution in [2.75, 3.05) is 13.1 Å². The lowest BCUT2D eigenvalue weighted by atomic mass is 9.99. The SMILES string of the molecule is CCC(CC)c1cc(CNC(=O)N2C[C@H](C)O[C@@H](C)C2)on1. The van der Waals surface area contributed by atoms with Gasteiger partial charge in [0.25, 0.3) is 0 Å². The van der Waals surface area contributed by atoms with Crippen LogP contribution in [-0.2, 0) is 11.3 Å². The molecule has 1 aromatic rings. The van der Waals surface area contributed by atoms with E-state index in [-0.39, 0.29) is 18.2 Å². The summed E-state index contributed by atoms with van der Waals surface area (Å²) >= 11 is 0. The predicted octanol–water partition coefficient (Wildman–Crippen LogP) is 2.90. The number of carbonyl (C=O) groups excluding carboxylic acids is 1. The normalized spacial score (nSPS) is 22.1. The molecule has 1 aliphatic rings. The highest BCUT2D eigenvalue weighted by Gasteiger charge is 2.25. The lowest BCUT2D eigenvalue weighted by Gasteiger charge is -2.35. The third-order valence-electron chi connectivity index (χ3n) is 4.10. The molecule has 0 bridgehead atoms. The minimum absolute atomic E-state index is 0.0706. The van der Waals surface area contributed by atoms with Gasteiger partial charge in [-0.2, -0.15) is 0 Å². The van der Waals surface area contributed by atoms with E-state index in [1.807, 2.05) is 19.9 Å². The van der Waals surface area contributed by atoms with Crippen LogP contribution in [0.3, 0.4) is 0 Å². The quantitative estimate of drug-likeness (QED) is 0.908. The maximum atomic E-state index is 12.2. The largest absolute Gasteiger partial charge is 0.372 e. The summed E-state index contributed by atoms with van der Waals surface area (Å²) < 4.78 is 11.0. The molecule has 0 aliphatic carbocycles. The van der Waals surface area contributed by atoms with Gasteiger partial charge in [0.05, 0.1) is 24.4 Å². The first-order valence-electron chi connectivity index (χ1n) is 8.17. The third-order valence-corrected chi connectivity index (χ3v) is 4.10. The Morgan fingerprint density at radius 2 is 2.00 bits per heavy atom. The van der Waals surface area contributed by atoms with Crippen molar-refractivity contribution in [3.05, 3.63) is 17.5 Å². The van der Waals surface area contributed by atoms with Gasteiger partial charge in [-0.3, -0.25) is 0 Å². The maximum Gasteiger partial charge on any atom is 0.317 e. The molecule has 2 heterocycles. The molecule has 124 valence electrons. The number of nitrogens with one attached hydrogen (secondary N) is 1. The van der Waals surface area contributed by atoms with Gasteiger partial charge >= 0.3 is 6.03 Å². The first-order valence-corrected chi connectivity index (χ1v) is 8.17. The molecule has 6 heteroatoms. The molecular formula is C16H27N3O3. The number of amides is 2. The molecule has 1 aliphatic heterocycles. The lowest BCUT2D eigenvalue weighted by Crippen LogP contribution is -2.51. The molecule has 0 radical (unpaired) electrons. The van der Waals surface area contributed by atoms with Crippen molar-refractivity contribution in [1.29, 1.82) is 0 Å². The van der Waals surface area contributed by atoms with Gasteiger partial charge in [-0.05, 0) is 26.7 Å². The first kappa shape index (κ1) is 16.8. The summed E-state index contributed by atoms with van der Waals surface area (Å²) in [4.78, 5) is 14.0. The van der Waals surface area contributed by atoms with Gasteiger partial charge in [0.15, 0.2) is 5.76 Å². The van der Waals surface area contributed by atoms with Crippen LogP contribution in [0.5, 0.6) is 0 Å². The van der Waals surface area contributed by atoms with Crippen LogP contribution in [0, 0.1) is 0 Å². The van der Waals surface area contributed by atoms with Crippen molar-refractivity contribution in [1.82, 2.24) is 15.4 Å². The molecule has 1 fully saturated rings. The van der Waals surface area contributed by atoms with Crippen LogP contribution in [0.2, 0.25) is 0 Å². The number of urea groups is 1. The van der Waals surface area contributed by atoms with Crippen molar-refractivity contribution >= 4 is 6.03 Å². The molecule has 1 saturated heterocycles. The number of morpholine rings is 1. The third kappa shape index (κ3) is 4.22. The molecule has 0 spiro atoms. The van der Waals surface area contributed by atoms with E-state index in [9.17, 15) is 4.79 Å². The Balaban J connectivity index is 1.86. The van der Waals surface area contributed by atoms with E-state index in [0.717, 1.165) is 18.5 Å². The summed E-state index contributed by atoms with van der Waals surface area (Å²) in [5, 5.41) is 7.01. The molecule has 2 amide bonds. The van der Waals surface area contributed by atoms with E-state index in [1.54, 1.807) is 4.90 Å². The number of ether oxygens (including phenoxy) is 1. The van der Waals surface area contributed by atoms with E-state index in [2.05, 4.69) is 24.3 Å². The van der Waals surface area contributed by atoms with Gasteiger partial charge < -0.3 is 19.5 Å². The van der Waals surface area contributed by atoms with E-state index >= 15 is 0 Å². The van der Waals surface area contributed by atoms with Gasteiger partial charge in [-0.1, -0.05) is 19.0 Å². The van der Waals surface area contributed by atoms with Crippen molar-refractivity contribution < 1.29 is 14.1 Å². The second kappa shape index (κ2) is 7.63. The van der Waals surface area contributed by atoms with Crippen molar-refractivity contribution in [3.8, 4) is 0 Å². The maximum absolute atomic E-state index is 12.2. The number of hydrogen-bond donors (Lipinski definition) is 1. The summed E-state index contributed by atoms with van der Waals surface area (Å²) in [6.45, 7) is 9.85. The molecule has 2 rings (SSSR count). The molecule has 22 heavy (non-hydrogen) atoms. The molecular weight excluding hydrogens is 282 g/mol. The molecule has 2 atom stereocenters. The average molecular weight is 309 g/mol. The zero-order valence-electron chi connectivity index (χ0n) is 14.0. The zero-order chi connectivity index (χ0) is 16.1.